The molecule has 2 aromatic carbocycles. The van der Waals surface area contributed by atoms with E-state index in [0.717, 1.165) is 12.0 Å². The van der Waals surface area contributed by atoms with Crippen LogP contribution in [0.5, 0.6) is 0 Å². The molecule has 1 aliphatic rings. The molecule has 0 saturated carbocycles. The molecule has 2 aromatic rings. The van der Waals surface area contributed by atoms with E-state index >= 15 is 0 Å². The Morgan fingerprint density at radius 3 is 2.25 bits per heavy atom. The van der Waals surface area contributed by atoms with Crippen LogP contribution >= 0.6 is 0 Å². The van der Waals surface area contributed by atoms with Crippen molar-refractivity contribution in [3.8, 4) is 0 Å². The monoisotopic (exact) mass is 323 g/mol. The zero-order valence-electron chi connectivity index (χ0n) is 13.9. The molecule has 0 aliphatic carbocycles. The summed E-state index contributed by atoms with van der Waals surface area (Å²) in [6.07, 6.45) is 0.116. The van der Waals surface area contributed by atoms with Gasteiger partial charge in [0.25, 0.3) is 5.91 Å². The normalized spacial score (nSPS) is 21.4. The minimum absolute atomic E-state index is 0.0267. The summed E-state index contributed by atoms with van der Waals surface area (Å²) in [6.45, 7) is 3.99. The second kappa shape index (κ2) is 6.87. The summed E-state index contributed by atoms with van der Waals surface area (Å²) in [5, 5.41) is 0. The Bertz CT molecular complexity index is 714. The Morgan fingerprint density at radius 2 is 1.67 bits per heavy atom. The van der Waals surface area contributed by atoms with Crippen LogP contribution < -0.4 is 0 Å². The molecule has 0 radical (unpaired) electrons. The van der Waals surface area contributed by atoms with Gasteiger partial charge in [-0.2, -0.15) is 0 Å². The first-order chi connectivity index (χ1) is 11.6. The number of hydrogen-bond donors (Lipinski definition) is 0. The van der Waals surface area contributed by atoms with E-state index in [2.05, 4.69) is 0 Å². The summed E-state index contributed by atoms with van der Waals surface area (Å²) >= 11 is 0. The largest absolute Gasteiger partial charge is 0.435 e. The number of hydrogen-bond acceptors (Lipinski definition) is 3. The minimum atomic E-state index is -0.676. The number of nitrogens with zero attached hydrogens (tertiary/aromatic N) is 1. The van der Waals surface area contributed by atoms with Gasteiger partial charge in [0.15, 0.2) is 0 Å². The van der Waals surface area contributed by atoms with Crippen molar-refractivity contribution in [2.45, 2.75) is 32.5 Å². The molecule has 0 bridgehead atoms. The summed E-state index contributed by atoms with van der Waals surface area (Å²) < 4.78 is 5.60. The van der Waals surface area contributed by atoms with Gasteiger partial charge in [0.2, 0.25) is 6.23 Å². The topological polar surface area (TPSA) is 46.6 Å². The summed E-state index contributed by atoms with van der Waals surface area (Å²) in [5.41, 5.74) is 1.37. The van der Waals surface area contributed by atoms with Crippen LogP contribution in [0.1, 0.15) is 42.4 Å². The van der Waals surface area contributed by atoms with Gasteiger partial charge in [-0.15, -0.1) is 0 Å². The molecular formula is C20H21NO3. The molecule has 0 spiro atoms. The minimum Gasteiger partial charge on any atom is -0.435 e. The molecule has 0 unspecified atom stereocenters. The molecule has 1 amide bonds. The number of rotatable bonds is 4. The number of carbonyl (C=O) groups is 2. The predicted molar refractivity (Wildman–Crippen MR) is 91.1 cm³/mol. The Hall–Kier alpha value is -2.62. The van der Waals surface area contributed by atoms with Gasteiger partial charge in [0, 0.05) is 11.1 Å². The van der Waals surface area contributed by atoms with Crippen LogP contribution in [-0.4, -0.2) is 22.8 Å². The molecule has 1 saturated heterocycles. The smallest absolute Gasteiger partial charge is 0.331 e. The highest BCUT2D eigenvalue weighted by atomic mass is 16.6. The number of ether oxygens (including phenoxy) is 1. The summed E-state index contributed by atoms with van der Waals surface area (Å²) in [5.74, 6) is -0.484. The SMILES string of the molecule is CC[C@H](C)[C@@H]1C(=O)O[C@H](c2ccccc2)N1C(=O)c1ccccc1. The van der Waals surface area contributed by atoms with Crippen LogP contribution in [0.4, 0.5) is 0 Å². The molecule has 4 nitrogen and oxygen atoms in total. The van der Waals surface area contributed by atoms with E-state index in [1.165, 1.54) is 0 Å². The molecular weight excluding hydrogens is 302 g/mol. The highest BCUT2D eigenvalue weighted by Crippen LogP contribution is 2.36. The van der Waals surface area contributed by atoms with Crippen LogP contribution in [0, 0.1) is 5.92 Å². The Kier molecular flexibility index (Phi) is 4.65. The van der Waals surface area contributed by atoms with E-state index in [1.807, 2.05) is 62.4 Å². The van der Waals surface area contributed by atoms with Gasteiger partial charge in [-0.05, 0) is 18.1 Å². The van der Waals surface area contributed by atoms with Crippen LogP contribution in [0.2, 0.25) is 0 Å². The van der Waals surface area contributed by atoms with Gasteiger partial charge in [0.1, 0.15) is 6.04 Å². The van der Waals surface area contributed by atoms with E-state index in [-0.39, 0.29) is 17.8 Å². The van der Waals surface area contributed by atoms with E-state index in [4.69, 9.17) is 4.74 Å². The number of benzene rings is 2. The lowest BCUT2D eigenvalue weighted by Gasteiger charge is -2.29. The average Bonchev–Trinajstić information content (AvgIpc) is 2.99. The Labute approximate surface area is 142 Å². The molecule has 3 rings (SSSR count). The number of amides is 1. The fraction of sp³-hybridized carbons (Fsp3) is 0.300. The predicted octanol–water partition coefficient (Wildman–Crippen LogP) is 3.80. The van der Waals surface area contributed by atoms with Gasteiger partial charge in [-0.3, -0.25) is 9.69 Å². The highest BCUT2D eigenvalue weighted by molar-refractivity contribution is 5.98. The van der Waals surface area contributed by atoms with Gasteiger partial charge < -0.3 is 4.74 Å². The first-order valence-corrected chi connectivity index (χ1v) is 8.26. The lowest BCUT2D eigenvalue weighted by atomic mass is 9.97. The number of cyclic esters (lactones) is 1. The van der Waals surface area contributed by atoms with Gasteiger partial charge in [-0.25, -0.2) is 4.79 Å². The Balaban J connectivity index is 2.03. The third-order valence-electron chi connectivity index (χ3n) is 4.54. The van der Waals surface area contributed by atoms with Crippen LogP contribution in [0.15, 0.2) is 60.7 Å². The highest BCUT2D eigenvalue weighted by Gasteiger charge is 2.47. The fourth-order valence-electron chi connectivity index (χ4n) is 3.03. The third-order valence-corrected chi connectivity index (χ3v) is 4.54. The van der Waals surface area contributed by atoms with Crippen LogP contribution in [0.25, 0.3) is 0 Å². The lowest BCUT2D eigenvalue weighted by Crippen LogP contribution is -2.43. The Morgan fingerprint density at radius 1 is 1.08 bits per heavy atom. The van der Waals surface area contributed by atoms with Crippen molar-refractivity contribution in [3.05, 3.63) is 71.8 Å². The van der Waals surface area contributed by atoms with Crippen LogP contribution in [0.3, 0.4) is 0 Å². The molecule has 124 valence electrons. The molecule has 4 heteroatoms. The lowest BCUT2D eigenvalue weighted by molar-refractivity contribution is -0.143. The van der Waals surface area contributed by atoms with Crippen molar-refractivity contribution in [1.29, 1.82) is 0 Å². The van der Waals surface area contributed by atoms with Crippen molar-refractivity contribution in [2.75, 3.05) is 0 Å². The molecule has 24 heavy (non-hydrogen) atoms. The zero-order chi connectivity index (χ0) is 17.1. The zero-order valence-corrected chi connectivity index (χ0v) is 13.9. The van der Waals surface area contributed by atoms with Gasteiger partial charge in [0.05, 0.1) is 0 Å². The molecule has 3 atom stereocenters. The maximum absolute atomic E-state index is 13.1. The van der Waals surface area contributed by atoms with Crippen molar-refractivity contribution < 1.29 is 14.3 Å². The standard InChI is InChI=1S/C20H21NO3/c1-3-14(2)17-20(23)24-19(16-12-8-5-9-13-16)21(17)18(22)15-10-6-4-7-11-15/h4-14,17,19H,3H2,1-2H3/t14-,17+,19+/m0/s1. The fourth-order valence-corrected chi connectivity index (χ4v) is 3.03. The van der Waals surface area contributed by atoms with E-state index in [0.29, 0.717) is 5.56 Å². The van der Waals surface area contributed by atoms with Crippen molar-refractivity contribution >= 4 is 11.9 Å². The second-order valence-electron chi connectivity index (χ2n) is 6.11. The molecule has 1 aliphatic heterocycles. The third kappa shape index (κ3) is 2.92. The maximum atomic E-state index is 13.1. The molecule has 0 aromatic heterocycles. The van der Waals surface area contributed by atoms with Crippen molar-refractivity contribution in [3.63, 3.8) is 0 Å². The first kappa shape index (κ1) is 16.2. The number of esters is 1. The quantitative estimate of drug-likeness (QED) is 0.804. The van der Waals surface area contributed by atoms with Crippen molar-refractivity contribution in [1.82, 2.24) is 4.90 Å². The van der Waals surface area contributed by atoms with E-state index < -0.39 is 12.3 Å². The first-order valence-electron chi connectivity index (χ1n) is 8.26. The second-order valence-corrected chi connectivity index (χ2v) is 6.11. The van der Waals surface area contributed by atoms with Crippen LogP contribution in [-0.2, 0) is 9.53 Å². The molecule has 0 N–H and O–H groups in total. The summed E-state index contributed by atoms with van der Waals surface area (Å²) in [6, 6.07) is 17.9. The summed E-state index contributed by atoms with van der Waals surface area (Å²) in [4.78, 5) is 27.2. The maximum Gasteiger partial charge on any atom is 0.331 e. The van der Waals surface area contributed by atoms with E-state index in [1.54, 1.807) is 17.0 Å². The van der Waals surface area contributed by atoms with Crippen molar-refractivity contribution in [2.24, 2.45) is 5.92 Å². The van der Waals surface area contributed by atoms with Gasteiger partial charge in [-0.1, -0.05) is 68.8 Å². The number of carbonyl (C=O) groups excluding carboxylic acids is 2. The average molecular weight is 323 g/mol. The molecule has 1 fully saturated rings. The summed E-state index contributed by atoms with van der Waals surface area (Å²) in [7, 11) is 0. The van der Waals surface area contributed by atoms with Gasteiger partial charge >= 0.3 is 5.97 Å². The molecule has 1 heterocycles. The van der Waals surface area contributed by atoms with E-state index in [9.17, 15) is 9.59 Å².